The Kier molecular flexibility index (Phi) is 6.77. The number of hydrogen-bond donors (Lipinski definition) is 1. The predicted molar refractivity (Wildman–Crippen MR) is 106 cm³/mol. The number of benzene rings is 2. The average molecular weight is 512 g/mol. The number of halogens is 7. The zero-order chi connectivity index (χ0) is 25.5. The lowest BCUT2D eigenvalue weighted by Crippen LogP contribution is -2.44. The molecule has 0 aromatic heterocycles. The van der Waals surface area contributed by atoms with Gasteiger partial charge in [0, 0.05) is 5.56 Å². The molecule has 1 aliphatic rings. The Morgan fingerprint density at radius 2 is 1.44 bits per heavy atom. The van der Waals surface area contributed by atoms with Crippen LogP contribution in [0, 0.1) is 11.7 Å². The van der Waals surface area contributed by atoms with Gasteiger partial charge in [0.05, 0.1) is 10.8 Å². The molecule has 12 heteroatoms. The topological polar surface area (TPSA) is 71.4 Å². The van der Waals surface area contributed by atoms with E-state index < -0.39 is 56.1 Å². The molecule has 1 aliphatic carbocycles. The molecule has 0 aliphatic heterocycles. The summed E-state index contributed by atoms with van der Waals surface area (Å²) >= 11 is 0. The van der Waals surface area contributed by atoms with E-state index in [4.69, 9.17) is 0 Å². The summed E-state index contributed by atoms with van der Waals surface area (Å²) in [5, 5.41) is 9.27. The first-order valence-electron chi connectivity index (χ1n) is 10.0. The van der Waals surface area contributed by atoms with E-state index in [1.165, 1.54) is 0 Å². The van der Waals surface area contributed by atoms with E-state index >= 15 is 0 Å². The van der Waals surface area contributed by atoms with Crippen LogP contribution in [0.25, 0.3) is 0 Å². The number of alkyl halides is 6. The number of carboxylic acids is 1. The molecular weight excluding hydrogens is 493 g/mol. The molecule has 34 heavy (non-hydrogen) atoms. The molecule has 3 rings (SSSR count). The Bertz CT molecular complexity index is 1140. The fraction of sp³-hybridized carbons (Fsp3) is 0.409. The number of aliphatic carboxylic acids is 1. The second kappa shape index (κ2) is 8.86. The van der Waals surface area contributed by atoms with Crippen LogP contribution in [0.15, 0.2) is 53.4 Å². The maximum Gasteiger partial charge on any atom is 0.432 e. The number of hydrogen-bond acceptors (Lipinski definition) is 3. The maximum atomic E-state index is 14.4. The van der Waals surface area contributed by atoms with Crippen molar-refractivity contribution in [3.63, 3.8) is 0 Å². The number of carbonyl (C=O) groups is 1. The van der Waals surface area contributed by atoms with Gasteiger partial charge in [-0.15, -0.1) is 0 Å². The molecule has 2 aromatic rings. The normalized spacial score (nSPS) is 23.5. The van der Waals surface area contributed by atoms with E-state index in [0.717, 1.165) is 36.4 Å². The molecule has 1 unspecified atom stereocenters. The van der Waals surface area contributed by atoms with E-state index in [-0.39, 0.29) is 36.1 Å². The monoisotopic (exact) mass is 512 g/mol. The van der Waals surface area contributed by atoms with Crippen molar-refractivity contribution in [2.75, 3.05) is 0 Å². The van der Waals surface area contributed by atoms with Gasteiger partial charge in [-0.3, -0.25) is 4.79 Å². The van der Waals surface area contributed by atoms with Gasteiger partial charge in [0.25, 0.3) is 12.1 Å². The summed E-state index contributed by atoms with van der Waals surface area (Å²) in [6.07, 6.45) is -11.1. The van der Waals surface area contributed by atoms with Crippen molar-refractivity contribution in [1.29, 1.82) is 0 Å². The molecule has 0 radical (unpaired) electrons. The highest BCUT2D eigenvalue weighted by Gasteiger charge is 2.64. The molecular formula is C22H19F7O4S. The summed E-state index contributed by atoms with van der Waals surface area (Å²) in [6, 6.07) is 6.38. The van der Waals surface area contributed by atoms with Crippen LogP contribution in [0.3, 0.4) is 0 Å². The summed E-state index contributed by atoms with van der Waals surface area (Å²) in [4.78, 5) is 11.1. The summed E-state index contributed by atoms with van der Waals surface area (Å²) in [6.45, 7) is 0. The molecule has 0 bridgehead atoms. The Morgan fingerprint density at radius 3 is 1.85 bits per heavy atom. The van der Waals surface area contributed by atoms with E-state index in [9.17, 15) is 49.1 Å². The molecule has 2 aromatic carbocycles. The minimum atomic E-state index is -5.93. The van der Waals surface area contributed by atoms with Gasteiger partial charge in [0.2, 0.25) is 0 Å². The van der Waals surface area contributed by atoms with Crippen LogP contribution in [-0.2, 0) is 25.0 Å². The molecule has 4 nitrogen and oxygen atoms in total. The van der Waals surface area contributed by atoms with Gasteiger partial charge in [-0.2, -0.15) is 13.2 Å². The smallest absolute Gasteiger partial charge is 0.432 e. The molecule has 0 saturated heterocycles. The Labute approximate surface area is 190 Å². The summed E-state index contributed by atoms with van der Waals surface area (Å²) < 4.78 is 119. The molecule has 0 amide bonds. The van der Waals surface area contributed by atoms with Crippen LogP contribution in [0.5, 0.6) is 0 Å². The third-order valence-electron chi connectivity index (χ3n) is 6.33. The number of sulfone groups is 1. The Hall–Kier alpha value is -2.63. The SMILES string of the molecule is O=C(O)C1CCC(c2ccc(C(F)(C(F)F)C(F)(F)F)cc2)(S(=O)(=O)c2ccc(F)cc2)CC1. The van der Waals surface area contributed by atoms with Crippen LogP contribution in [0.1, 0.15) is 36.8 Å². The van der Waals surface area contributed by atoms with E-state index in [0.29, 0.717) is 12.1 Å². The molecule has 0 spiro atoms. The largest absolute Gasteiger partial charge is 0.481 e. The van der Waals surface area contributed by atoms with Crippen LogP contribution < -0.4 is 0 Å². The fourth-order valence-electron chi connectivity index (χ4n) is 4.31. The van der Waals surface area contributed by atoms with Crippen molar-refractivity contribution in [1.82, 2.24) is 0 Å². The van der Waals surface area contributed by atoms with Gasteiger partial charge >= 0.3 is 12.1 Å². The Balaban J connectivity index is 2.13. The first-order chi connectivity index (χ1) is 15.7. The summed E-state index contributed by atoms with van der Waals surface area (Å²) in [5.41, 5.74) is -6.47. The molecule has 1 saturated carbocycles. The van der Waals surface area contributed by atoms with Gasteiger partial charge in [0.1, 0.15) is 10.6 Å². The predicted octanol–water partition coefficient (Wildman–Crippen LogP) is 5.76. The van der Waals surface area contributed by atoms with Gasteiger partial charge in [-0.05, 0) is 55.5 Å². The summed E-state index contributed by atoms with van der Waals surface area (Å²) in [5.74, 6) is -2.73. The zero-order valence-corrected chi connectivity index (χ0v) is 18.1. The van der Waals surface area contributed by atoms with Crippen LogP contribution in [-0.4, -0.2) is 32.1 Å². The van der Waals surface area contributed by atoms with Gasteiger partial charge in [0.15, 0.2) is 9.84 Å². The van der Waals surface area contributed by atoms with Crippen molar-refractivity contribution < 1.29 is 49.1 Å². The number of rotatable bonds is 6. The summed E-state index contributed by atoms with van der Waals surface area (Å²) in [7, 11) is -4.36. The van der Waals surface area contributed by atoms with E-state index in [1.54, 1.807) is 0 Å². The molecule has 1 N–H and O–H groups in total. The molecule has 0 heterocycles. The maximum absolute atomic E-state index is 14.4. The van der Waals surface area contributed by atoms with Crippen LogP contribution in [0.2, 0.25) is 0 Å². The van der Waals surface area contributed by atoms with Crippen LogP contribution >= 0.6 is 0 Å². The van der Waals surface area contributed by atoms with Gasteiger partial charge < -0.3 is 5.11 Å². The van der Waals surface area contributed by atoms with Crippen molar-refractivity contribution in [2.45, 2.75) is 53.6 Å². The first kappa shape index (κ1) is 26.0. The lowest BCUT2D eigenvalue weighted by molar-refractivity contribution is -0.274. The minimum Gasteiger partial charge on any atom is -0.481 e. The molecule has 186 valence electrons. The van der Waals surface area contributed by atoms with E-state index in [2.05, 4.69) is 0 Å². The molecule has 1 fully saturated rings. The first-order valence-corrected chi connectivity index (χ1v) is 11.5. The van der Waals surface area contributed by atoms with Crippen LogP contribution in [0.4, 0.5) is 30.7 Å². The third-order valence-corrected chi connectivity index (χ3v) is 8.89. The van der Waals surface area contributed by atoms with Gasteiger partial charge in [-0.25, -0.2) is 26.0 Å². The van der Waals surface area contributed by atoms with Crippen molar-refractivity contribution in [2.24, 2.45) is 5.92 Å². The second-order valence-electron chi connectivity index (χ2n) is 8.15. The molecule has 1 atom stereocenters. The third kappa shape index (κ3) is 4.16. The minimum absolute atomic E-state index is 0.0931. The van der Waals surface area contributed by atoms with Gasteiger partial charge in [-0.1, -0.05) is 24.3 Å². The van der Waals surface area contributed by atoms with E-state index in [1.807, 2.05) is 0 Å². The van der Waals surface area contributed by atoms with Crippen molar-refractivity contribution in [3.05, 3.63) is 65.5 Å². The zero-order valence-electron chi connectivity index (χ0n) is 17.3. The lowest BCUT2D eigenvalue weighted by atomic mass is 9.77. The highest BCUT2D eigenvalue weighted by Crippen LogP contribution is 2.50. The number of carboxylic acid groups (broad SMARTS) is 1. The van der Waals surface area contributed by atoms with Crippen molar-refractivity contribution >= 4 is 15.8 Å². The highest BCUT2D eigenvalue weighted by molar-refractivity contribution is 7.92. The fourth-order valence-corrected chi connectivity index (χ4v) is 6.48. The standard InChI is InChI=1S/C22H19F7O4S/c23-16-5-7-17(8-6-16)34(32,33)20(11-9-13(10-12-20)18(30)31)14-1-3-15(4-2-14)21(26,19(24)25)22(27,28)29/h1-8,13,19H,9-12H2,(H,30,31). The quantitative estimate of drug-likeness (QED) is 0.395. The second-order valence-corrected chi connectivity index (χ2v) is 10.4. The Morgan fingerprint density at radius 1 is 0.941 bits per heavy atom. The van der Waals surface area contributed by atoms with Crippen molar-refractivity contribution in [3.8, 4) is 0 Å². The average Bonchev–Trinajstić information content (AvgIpc) is 2.78. The highest BCUT2D eigenvalue weighted by atomic mass is 32.2. The lowest BCUT2D eigenvalue weighted by Gasteiger charge is -2.39.